The van der Waals surface area contributed by atoms with Gasteiger partial charge in [0.1, 0.15) is 0 Å². The largest absolute Gasteiger partial charge is 0.465 e. The van der Waals surface area contributed by atoms with Gasteiger partial charge in [0.25, 0.3) is 0 Å². The molecule has 3 nitrogen and oxygen atoms in total. The zero-order valence-corrected chi connectivity index (χ0v) is 14.5. The molecule has 0 saturated heterocycles. The van der Waals surface area contributed by atoms with Crippen molar-refractivity contribution in [3.8, 4) is 11.3 Å². The topological polar surface area (TPSA) is 31.2 Å². The maximum absolute atomic E-state index is 12.3. The molecule has 3 rings (SSSR count). The molecule has 0 aliphatic rings. The second-order valence-corrected chi connectivity index (χ2v) is 5.93. The van der Waals surface area contributed by atoms with E-state index in [0.29, 0.717) is 12.0 Å². The number of rotatable bonds is 5. The van der Waals surface area contributed by atoms with Crippen molar-refractivity contribution in [2.75, 3.05) is 7.11 Å². The fourth-order valence-corrected chi connectivity index (χ4v) is 3.18. The first-order valence-corrected chi connectivity index (χ1v) is 8.18. The van der Waals surface area contributed by atoms with Crippen molar-refractivity contribution >= 4 is 12.0 Å². The van der Waals surface area contributed by atoms with Gasteiger partial charge in [-0.2, -0.15) is 0 Å². The second-order valence-electron chi connectivity index (χ2n) is 5.93. The van der Waals surface area contributed by atoms with E-state index < -0.39 is 0 Å². The van der Waals surface area contributed by atoms with Crippen LogP contribution in [0.15, 0.2) is 67.4 Å². The highest BCUT2D eigenvalue weighted by Crippen LogP contribution is 2.33. The Morgan fingerprint density at radius 2 is 1.80 bits per heavy atom. The average Bonchev–Trinajstić information content (AvgIpc) is 2.97. The Hall–Kier alpha value is -3.07. The molecule has 0 atom stereocenters. The third kappa shape index (κ3) is 3.26. The first-order valence-electron chi connectivity index (χ1n) is 8.18. The summed E-state index contributed by atoms with van der Waals surface area (Å²) in [4.78, 5) is 12.3. The van der Waals surface area contributed by atoms with Gasteiger partial charge >= 0.3 is 5.97 Å². The molecule has 25 heavy (non-hydrogen) atoms. The number of aryl methyl sites for hydroxylation is 1. The van der Waals surface area contributed by atoms with Crippen molar-refractivity contribution in [2.24, 2.45) is 7.05 Å². The highest BCUT2D eigenvalue weighted by atomic mass is 16.5. The third-order valence-corrected chi connectivity index (χ3v) is 4.35. The van der Waals surface area contributed by atoms with Crippen LogP contribution in [0.5, 0.6) is 0 Å². The van der Waals surface area contributed by atoms with Gasteiger partial charge in [0.2, 0.25) is 0 Å². The van der Waals surface area contributed by atoms with Crippen LogP contribution in [0.1, 0.15) is 27.0 Å². The second kappa shape index (κ2) is 7.22. The summed E-state index contributed by atoms with van der Waals surface area (Å²) in [6.45, 7) is 3.92. The highest BCUT2D eigenvalue weighted by Gasteiger charge is 2.22. The highest BCUT2D eigenvalue weighted by molar-refractivity contribution is 5.94. The van der Waals surface area contributed by atoms with E-state index in [1.165, 1.54) is 7.11 Å². The van der Waals surface area contributed by atoms with Crippen LogP contribution in [0.2, 0.25) is 0 Å². The van der Waals surface area contributed by atoms with Gasteiger partial charge in [0, 0.05) is 25.2 Å². The fourth-order valence-electron chi connectivity index (χ4n) is 3.18. The normalized spacial score (nSPS) is 10.5. The van der Waals surface area contributed by atoms with Gasteiger partial charge in [-0.25, -0.2) is 4.79 Å². The standard InChI is InChI=1S/C22H21NO2/c1-4-17-12-8-9-13-18(17)21-19(14-16-10-6-5-7-11-16)20(15-23(21)2)22(24)25-3/h4-13,15H,1,14H2,2-3H3. The van der Waals surface area contributed by atoms with Gasteiger partial charge in [-0.15, -0.1) is 0 Å². The van der Waals surface area contributed by atoms with Gasteiger partial charge in [-0.05, 0) is 16.7 Å². The molecule has 0 spiro atoms. The van der Waals surface area contributed by atoms with Gasteiger partial charge in [-0.3, -0.25) is 0 Å². The third-order valence-electron chi connectivity index (χ3n) is 4.35. The number of esters is 1. The summed E-state index contributed by atoms with van der Waals surface area (Å²) in [7, 11) is 3.37. The maximum atomic E-state index is 12.3. The quantitative estimate of drug-likeness (QED) is 0.634. The number of carbonyl (C=O) groups excluding carboxylic acids is 1. The Morgan fingerprint density at radius 1 is 1.12 bits per heavy atom. The van der Waals surface area contributed by atoms with E-state index in [1.54, 1.807) is 0 Å². The molecule has 126 valence electrons. The van der Waals surface area contributed by atoms with Crippen molar-refractivity contribution in [3.63, 3.8) is 0 Å². The summed E-state index contributed by atoms with van der Waals surface area (Å²) >= 11 is 0. The number of carbonyl (C=O) groups is 1. The lowest BCUT2D eigenvalue weighted by molar-refractivity contribution is 0.0599. The molecule has 1 heterocycles. The number of nitrogens with zero attached hydrogens (tertiary/aromatic N) is 1. The molecule has 0 amide bonds. The summed E-state index contributed by atoms with van der Waals surface area (Å²) < 4.78 is 7.00. The Balaban J connectivity index is 2.22. The molecular formula is C22H21NO2. The molecule has 0 radical (unpaired) electrons. The van der Waals surface area contributed by atoms with Crippen molar-refractivity contribution in [3.05, 3.63) is 89.6 Å². The number of hydrogen-bond acceptors (Lipinski definition) is 2. The Kier molecular flexibility index (Phi) is 4.85. The van der Waals surface area contributed by atoms with Crippen LogP contribution in [0.25, 0.3) is 17.3 Å². The van der Waals surface area contributed by atoms with E-state index >= 15 is 0 Å². The molecule has 0 saturated carbocycles. The van der Waals surface area contributed by atoms with Crippen LogP contribution in [0.3, 0.4) is 0 Å². The average molecular weight is 331 g/mol. The molecule has 3 aromatic rings. The van der Waals surface area contributed by atoms with E-state index in [0.717, 1.165) is 27.9 Å². The van der Waals surface area contributed by atoms with E-state index in [1.807, 2.05) is 60.3 Å². The first-order chi connectivity index (χ1) is 12.2. The lowest BCUT2D eigenvalue weighted by Crippen LogP contribution is -2.04. The zero-order chi connectivity index (χ0) is 17.8. The lowest BCUT2D eigenvalue weighted by atomic mass is 9.95. The SMILES string of the molecule is C=Cc1ccccc1-c1c(Cc2ccccc2)c(C(=O)OC)cn1C. The van der Waals surface area contributed by atoms with Crippen molar-refractivity contribution < 1.29 is 9.53 Å². The monoisotopic (exact) mass is 331 g/mol. The van der Waals surface area contributed by atoms with Crippen LogP contribution >= 0.6 is 0 Å². The minimum atomic E-state index is -0.316. The molecule has 0 fully saturated rings. The zero-order valence-electron chi connectivity index (χ0n) is 14.5. The summed E-state index contributed by atoms with van der Waals surface area (Å²) in [5.74, 6) is -0.316. The smallest absolute Gasteiger partial charge is 0.339 e. The summed E-state index contributed by atoms with van der Waals surface area (Å²) in [5, 5.41) is 0. The molecule has 3 heteroatoms. The molecule has 1 aromatic heterocycles. The van der Waals surface area contributed by atoms with Crippen molar-refractivity contribution in [2.45, 2.75) is 6.42 Å². The Morgan fingerprint density at radius 3 is 2.48 bits per heavy atom. The number of hydrogen-bond donors (Lipinski definition) is 0. The maximum Gasteiger partial charge on any atom is 0.339 e. The van der Waals surface area contributed by atoms with E-state index in [-0.39, 0.29) is 5.97 Å². The minimum absolute atomic E-state index is 0.316. The summed E-state index contributed by atoms with van der Waals surface area (Å²) in [5.41, 5.74) is 5.82. The Labute approximate surface area is 148 Å². The van der Waals surface area contributed by atoms with E-state index in [2.05, 4.69) is 24.8 Å². The van der Waals surface area contributed by atoms with Crippen LogP contribution < -0.4 is 0 Å². The predicted octanol–water partition coefficient (Wildman–Crippen LogP) is 4.71. The predicted molar refractivity (Wildman–Crippen MR) is 102 cm³/mol. The van der Waals surface area contributed by atoms with Crippen molar-refractivity contribution in [1.29, 1.82) is 0 Å². The molecule has 0 N–H and O–H groups in total. The van der Waals surface area contributed by atoms with Gasteiger partial charge in [-0.1, -0.05) is 67.3 Å². The van der Waals surface area contributed by atoms with Crippen LogP contribution in [-0.4, -0.2) is 17.6 Å². The lowest BCUT2D eigenvalue weighted by Gasteiger charge is -2.12. The van der Waals surface area contributed by atoms with Gasteiger partial charge < -0.3 is 9.30 Å². The van der Waals surface area contributed by atoms with E-state index in [9.17, 15) is 4.79 Å². The molecule has 0 unspecified atom stereocenters. The summed E-state index contributed by atoms with van der Waals surface area (Å²) in [6.07, 6.45) is 4.35. The summed E-state index contributed by atoms with van der Waals surface area (Å²) in [6, 6.07) is 18.2. The van der Waals surface area contributed by atoms with E-state index in [4.69, 9.17) is 4.74 Å². The van der Waals surface area contributed by atoms with Crippen LogP contribution in [0.4, 0.5) is 0 Å². The first kappa shape index (κ1) is 16.8. The number of methoxy groups -OCH3 is 1. The molecular weight excluding hydrogens is 310 g/mol. The molecule has 2 aromatic carbocycles. The molecule has 0 aliphatic heterocycles. The van der Waals surface area contributed by atoms with Gasteiger partial charge in [0.15, 0.2) is 0 Å². The van der Waals surface area contributed by atoms with Crippen LogP contribution in [-0.2, 0) is 18.2 Å². The number of aromatic nitrogens is 1. The van der Waals surface area contributed by atoms with Gasteiger partial charge in [0.05, 0.1) is 18.4 Å². The minimum Gasteiger partial charge on any atom is -0.465 e. The molecule has 0 aliphatic carbocycles. The number of ether oxygens (including phenoxy) is 1. The van der Waals surface area contributed by atoms with Crippen LogP contribution in [0, 0.1) is 0 Å². The van der Waals surface area contributed by atoms with Crippen molar-refractivity contribution in [1.82, 2.24) is 4.57 Å². The fraction of sp³-hybridized carbons (Fsp3) is 0.136. The Bertz CT molecular complexity index is 907. The molecule has 0 bridgehead atoms. The number of benzene rings is 2.